The van der Waals surface area contributed by atoms with Gasteiger partial charge in [0.1, 0.15) is 37.1 Å². The van der Waals surface area contributed by atoms with Gasteiger partial charge in [-0.3, -0.25) is 0 Å². The number of esters is 3. The molecule has 0 unspecified atom stereocenters. The van der Waals surface area contributed by atoms with E-state index in [0.717, 1.165) is 50.1 Å². The van der Waals surface area contributed by atoms with E-state index < -0.39 is 8.60 Å². The summed E-state index contributed by atoms with van der Waals surface area (Å²) in [5.74, 6) is -0.0377. The number of aromatic hydroxyl groups is 3. The molecule has 6 aromatic rings. The molecule has 13 heteroatoms. The highest BCUT2D eigenvalue weighted by atomic mass is 31.2. The van der Waals surface area contributed by atoms with E-state index in [1.165, 1.54) is 0 Å². The fourth-order valence-corrected chi connectivity index (χ4v) is 8.18. The second kappa shape index (κ2) is 27.5. The Bertz CT molecular complexity index is 2520. The summed E-state index contributed by atoms with van der Waals surface area (Å²) in [6.07, 6.45) is 0. The van der Waals surface area contributed by atoms with Crippen LogP contribution in [0.4, 0.5) is 0 Å². The van der Waals surface area contributed by atoms with Crippen LogP contribution >= 0.6 is 8.60 Å². The predicted octanol–water partition coefficient (Wildman–Crippen LogP) is 15.2. The Labute approximate surface area is 471 Å². The molecule has 0 radical (unpaired) electrons. The van der Waals surface area contributed by atoms with E-state index >= 15 is 0 Å². The molecule has 0 atom stereocenters. The number of phenolic OH excluding ortho intramolecular Hbond substituents is 3. The Morgan fingerprint density at radius 3 is 0.620 bits per heavy atom. The maximum absolute atomic E-state index is 12.2. The van der Waals surface area contributed by atoms with E-state index in [9.17, 15) is 29.7 Å². The van der Waals surface area contributed by atoms with Crippen molar-refractivity contribution in [1.29, 1.82) is 0 Å². The van der Waals surface area contributed by atoms with Crippen molar-refractivity contribution in [3.05, 3.63) is 194 Å². The first-order valence-electron chi connectivity index (χ1n) is 26.4. The van der Waals surface area contributed by atoms with Gasteiger partial charge < -0.3 is 44.2 Å². The third-order valence-electron chi connectivity index (χ3n) is 12.5. The zero-order valence-corrected chi connectivity index (χ0v) is 50.7. The second-order valence-corrected chi connectivity index (χ2v) is 26.3. The molecule has 0 aliphatic rings. The maximum atomic E-state index is 12.2. The van der Waals surface area contributed by atoms with Crippen LogP contribution in [0, 0.1) is 0 Å². The fourth-order valence-electron chi connectivity index (χ4n) is 8.18. The van der Waals surface area contributed by atoms with Crippen LogP contribution in [0.1, 0.15) is 206 Å². The summed E-state index contributed by atoms with van der Waals surface area (Å²) in [6.45, 7) is 37.7. The number of hydrogen-bond donors (Lipinski definition) is 6. The third kappa shape index (κ3) is 20.9. The number of carbonyl (C=O) groups is 3. The van der Waals surface area contributed by atoms with Gasteiger partial charge in [0, 0.05) is 0 Å². The van der Waals surface area contributed by atoms with Crippen molar-refractivity contribution in [3.63, 3.8) is 0 Å². The molecule has 0 aromatic heterocycles. The average Bonchev–Trinajstić information content (AvgIpc) is 3.34. The Morgan fingerprint density at radius 1 is 0.329 bits per heavy atom. The van der Waals surface area contributed by atoms with Crippen molar-refractivity contribution in [1.82, 2.24) is 0 Å². The molecule has 0 heterocycles. The lowest BCUT2D eigenvalue weighted by Gasteiger charge is -2.28. The van der Waals surface area contributed by atoms with Crippen molar-refractivity contribution >= 4 is 26.5 Å². The minimum Gasteiger partial charge on any atom is -0.507 e. The van der Waals surface area contributed by atoms with Crippen molar-refractivity contribution < 1.29 is 58.6 Å². The Balaban J connectivity index is 0.000000301. The summed E-state index contributed by atoms with van der Waals surface area (Å²) in [4.78, 5) is 58.2. The van der Waals surface area contributed by atoms with Crippen molar-refractivity contribution in [2.45, 2.75) is 177 Å². The van der Waals surface area contributed by atoms with Gasteiger partial charge in [-0.05, 0) is 155 Å². The predicted molar refractivity (Wildman–Crippen MR) is 317 cm³/mol. The summed E-state index contributed by atoms with van der Waals surface area (Å²) < 4.78 is 16.4. The molecular weight excluding hydrogens is 1020 g/mol. The van der Waals surface area contributed by atoms with Gasteiger partial charge in [0.15, 0.2) is 0 Å². The van der Waals surface area contributed by atoms with E-state index in [2.05, 4.69) is 125 Å². The SMILES string of the molecule is CC(C)(C)c1cc(COC(=O)c2ccccc2)cc(C(C)(C)C)c1O.CC(C)(C)c1cc(COC(=O)c2ccccc2)cc(C(C)(C)C)c1O.CC(C)(C)c1cc(COC(=O)c2ccccc2)cc(C(C)(C)C)c1O.OP(O)O. The van der Waals surface area contributed by atoms with Crippen LogP contribution in [-0.2, 0) is 66.5 Å². The molecular formula is C66H87O12P. The van der Waals surface area contributed by atoms with Gasteiger partial charge in [0.25, 0.3) is 0 Å². The standard InChI is InChI=1S/3C22H28O3.H3O3P/c3*1-21(2,3)17-12-15(13-18(19(17)23)22(4,5)6)14-25-20(24)16-10-8-7-9-11-16;1-4(2)3/h3*7-13,23H,14H2,1-6H3;1-3H. The van der Waals surface area contributed by atoms with Crippen molar-refractivity contribution in [2.24, 2.45) is 0 Å². The number of rotatable bonds is 9. The first kappa shape index (κ1) is 66.7. The highest BCUT2D eigenvalue weighted by Gasteiger charge is 2.30. The van der Waals surface area contributed by atoms with E-state index in [0.29, 0.717) is 33.9 Å². The number of hydrogen-bond acceptors (Lipinski definition) is 12. The molecule has 428 valence electrons. The summed E-state index contributed by atoms with van der Waals surface area (Å²) >= 11 is 0. The van der Waals surface area contributed by atoms with Crippen LogP contribution in [0.2, 0.25) is 0 Å². The van der Waals surface area contributed by atoms with Gasteiger partial charge in [-0.1, -0.05) is 179 Å². The fraction of sp³-hybridized carbons (Fsp3) is 0.409. The molecule has 0 aliphatic carbocycles. The number of phenols is 3. The van der Waals surface area contributed by atoms with Gasteiger partial charge in [-0.2, -0.15) is 0 Å². The van der Waals surface area contributed by atoms with Gasteiger partial charge in [-0.25, -0.2) is 14.4 Å². The normalized spacial score (nSPS) is 11.9. The lowest BCUT2D eigenvalue weighted by Crippen LogP contribution is -2.18. The van der Waals surface area contributed by atoms with Crippen LogP contribution in [0.3, 0.4) is 0 Å². The van der Waals surface area contributed by atoms with Crippen LogP contribution in [0.5, 0.6) is 17.2 Å². The molecule has 0 amide bonds. The molecule has 12 nitrogen and oxygen atoms in total. The van der Waals surface area contributed by atoms with Crippen LogP contribution in [0.25, 0.3) is 0 Å². The summed E-state index contributed by atoms with van der Waals surface area (Å²) in [5, 5.41) is 32.2. The third-order valence-corrected chi connectivity index (χ3v) is 12.5. The van der Waals surface area contributed by atoms with E-state index in [1.807, 2.05) is 91.0 Å². The zero-order chi connectivity index (χ0) is 60.1. The van der Waals surface area contributed by atoms with Crippen LogP contribution in [-0.4, -0.2) is 47.9 Å². The number of benzene rings is 6. The largest absolute Gasteiger partial charge is 0.507 e. The van der Waals surface area contributed by atoms with Gasteiger partial charge >= 0.3 is 26.5 Å². The molecule has 6 aromatic carbocycles. The summed E-state index contributed by atoms with van der Waals surface area (Å²) in [7, 11) is -2.62. The van der Waals surface area contributed by atoms with Crippen molar-refractivity contribution in [2.75, 3.05) is 0 Å². The highest BCUT2D eigenvalue weighted by Crippen LogP contribution is 2.43. The second-order valence-electron chi connectivity index (χ2n) is 25.7. The van der Waals surface area contributed by atoms with E-state index in [1.54, 1.807) is 36.4 Å². The molecule has 0 fully saturated rings. The minimum atomic E-state index is -2.62. The van der Waals surface area contributed by atoms with Crippen molar-refractivity contribution in [3.8, 4) is 17.2 Å². The van der Waals surface area contributed by atoms with Crippen LogP contribution < -0.4 is 0 Å². The molecule has 0 spiro atoms. The Kier molecular flexibility index (Phi) is 23.3. The molecule has 0 aliphatic heterocycles. The van der Waals surface area contributed by atoms with E-state index in [4.69, 9.17) is 28.9 Å². The monoisotopic (exact) mass is 1100 g/mol. The molecule has 0 saturated heterocycles. The van der Waals surface area contributed by atoms with E-state index in [-0.39, 0.29) is 70.2 Å². The smallest absolute Gasteiger partial charge is 0.338 e. The van der Waals surface area contributed by atoms with Gasteiger partial charge in [0.2, 0.25) is 0 Å². The molecule has 0 saturated carbocycles. The lowest BCUT2D eigenvalue weighted by atomic mass is 9.78. The first-order chi connectivity index (χ1) is 36.2. The number of ether oxygens (including phenoxy) is 3. The van der Waals surface area contributed by atoms with Gasteiger partial charge in [-0.15, -0.1) is 0 Å². The first-order valence-corrected chi connectivity index (χ1v) is 27.6. The molecule has 0 bridgehead atoms. The highest BCUT2D eigenvalue weighted by molar-refractivity contribution is 7.38. The Hall–Kier alpha value is -6.56. The quantitative estimate of drug-likeness (QED) is 0.0455. The molecule has 6 rings (SSSR count). The summed E-state index contributed by atoms with van der Waals surface area (Å²) in [6, 6.07) is 38.5. The maximum Gasteiger partial charge on any atom is 0.338 e. The topological polar surface area (TPSA) is 200 Å². The van der Waals surface area contributed by atoms with Gasteiger partial charge in [0.05, 0.1) is 16.7 Å². The minimum absolute atomic E-state index is 0.181. The molecule has 79 heavy (non-hydrogen) atoms. The number of carbonyl (C=O) groups excluding carboxylic acids is 3. The van der Waals surface area contributed by atoms with Crippen LogP contribution in [0.15, 0.2) is 127 Å². The zero-order valence-electron chi connectivity index (χ0n) is 49.8. The average molecular weight is 1100 g/mol. The lowest BCUT2D eigenvalue weighted by molar-refractivity contribution is 0.0463. The molecule has 6 N–H and O–H groups in total. The Morgan fingerprint density at radius 2 is 0.481 bits per heavy atom. The summed E-state index contributed by atoms with van der Waals surface area (Å²) in [5.41, 5.74) is 8.23.